The van der Waals surface area contributed by atoms with Crippen LogP contribution in [-0.4, -0.2) is 48.4 Å². The molecule has 2 rings (SSSR count). The van der Waals surface area contributed by atoms with Crippen molar-refractivity contribution >= 4 is 23.5 Å². The third kappa shape index (κ3) is 2.64. The van der Waals surface area contributed by atoms with Gasteiger partial charge in [0, 0.05) is 32.7 Å². The average molecular weight is 276 g/mol. The highest BCUT2D eigenvalue weighted by atomic mass is 16.4. The Kier molecular flexibility index (Phi) is 3.74. The molecule has 0 aromatic heterocycles. The van der Waals surface area contributed by atoms with Crippen LogP contribution in [0.3, 0.4) is 0 Å². The van der Waals surface area contributed by atoms with Gasteiger partial charge >= 0.3 is 5.97 Å². The van der Waals surface area contributed by atoms with Gasteiger partial charge in [0.25, 0.3) is 0 Å². The number of carbonyl (C=O) groups excluding carboxylic acids is 2. The third-order valence-corrected chi connectivity index (χ3v) is 3.31. The van der Waals surface area contributed by atoms with E-state index in [-0.39, 0.29) is 30.2 Å². The Labute approximate surface area is 116 Å². The zero-order valence-corrected chi connectivity index (χ0v) is 11.4. The van der Waals surface area contributed by atoms with Gasteiger partial charge in [-0.2, -0.15) is 0 Å². The third-order valence-electron chi connectivity index (χ3n) is 3.31. The van der Waals surface area contributed by atoms with Crippen LogP contribution in [0.1, 0.15) is 22.3 Å². The number of anilines is 1. The number of fused-ring (bicyclic) bond motifs is 1. The molecular formula is C14H16N2O4. The Balaban J connectivity index is 2.16. The maximum Gasteiger partial charge on any atom is 0.335 e. The van der Waals surface area contributed by atoms with Gasteiger partial charge < -0.3 is 14.9 Å². The standard InChI is InChI=1S/C14H16N2O4/c1-15(2)12(17)5-6-16-11-4-3-9(14(19)20)7-10(11)8-13(16)18/h3-4,7H,5-6,8H2,1-2H3,(H,19,20). The minimum Gasteiger partial charge on any atom is -0.478 e. The van der Waals surface area contributed by atoms with E-state index < -0.39 is 5.97 Å². The Hall–Kier alpha value is -2.37. The molecule has 0 atom stereocenters. The molecule has 0 radical (unpaired) electrons. The van der Waals surface area contributed by atoms with Crippen LogP contribution in [0.15, 0.2) is 18.2 Å². The molecule has 6 nitrogen and oxygen atoms in total. The van der Waals surface area contributed by atoms with Crippen molar-refractivity contribution in [3.05, 3.63) is 29.3 Å². The first-order valence-electron chi connectivity index (χ1n) is 6.27. The van der Waals surface area contributed by atoms with Crippen LogP contribution in [0.4, 0.5) is 5.69 Å². The highest BCUT2D eigenvalue weighted by Gasteiger charge is 2.28. The van der Waals surface area contributed by atoms with Crippen molar-refractivity contribution in [2.24, 2.45) is 0 Å². The number of carboxylic acids is 1. The molecule has 2 amide bonds. The SMILES string of the molecule is CN(C)C(=O)CCN1C(=O)Cc2cc(C(=O)O)ccc21. The lowest BCUT2D eigenvalue weighted by Crippen LogP contribution is -2.32. The van der Waals surface area contributed by atoms with E-state index in [0.717, 1.165) is 0 Å². The first-order valence-corrected chi connectivity index (χ1v) is 6.27. The fraction of sp³-hybridized carbons (Fsp3) is 0.357. The molecule has 1 aromatic carbocycles. The number of rotatable bonds is 4. The quantitative estimate of drug-likeness (QED) is 0.880. The second-order valence-corrected chi connectivity index (χ2v) is 4.91. The molecule has 6 heteroatoms. The molecule has 1 heterocycles. The van der Waals surface area contributed by atoms with Crippen LogP contribution < -0.4 is 4.90 Å². The van der Waals surface area contributed by atoms with Crippen molar-refractivity contribution in [3.63, 3.8) is 0 Å². The van der Waals surface area contributed by atoms with Gasteiger partial charge in [0.1, 0.15) is 0 Å². The number of carbonyl (C=O) groups is 3. The minimum absolute atomic E-state index is 0.0478. The van der Waals surface area contributed by atoms with Gasteiger partial charge in [0.2, 0.25) is 11.8 Å². The minimum atomic E-state index is -1.01. The van der Waals surface area contributed by atoms with Gasteiger partial charge in [-0.25, -0.2) is 4.79 Å². The normalized spacial score (nSPS) is 13.3. The Morgan fingerprint density at radius 3 is 2.65 bits per heavy atom. The van der Waals surface area contributed by atoms with Gasteiger partial charge in [-0.05, 0) is 23.8 Å². The number of hydrogen-bond acceptors (Lipinski definition) is 3. The number of carboxylic acid groups (broad SMARTS) is 1. The van der Waals surface area contributed by atoms with Crippen molar-refractivity contribution in [2.45, 2.75) is 12.8 Å². The zero-order valence-electron chi connectivity index (χ0n) is 11.4. The molecule has 0 bridgehead atoms. The number of nitrogens with zero attached hydrogens (tertiary/aromatic N) is 2. The molecule has 0 saturated carbocycles. The van der Waals surface area contributed by atoms with Crippen molar-refractivity contribution in [2.75, 3.05) is 25.5 Å². The lowest BCUT2D eigenvalue weighted by molar-refractivity contribution is -0.128. The summed E-state index contributed by atoms with van der Waals surface area (Å²) < 4.78 is 0. The molecule has 20 heavy (non-hydrogen) atoms. The number of benzene rings is 1. The number of amides is 2. The van der Waals surface area contributed by atoms with Crippen molar-refractivity contribution in [3.8, 4) is 0 Å². The molecule has 0 aliphatic carbocycles. The first-order chi connectivity index (χ1) is 9.40. The Morgan fingerprint density at radius 1 is 1.35 bits per heavy atom. The van der Waals surface area contributed by atoms with Gasteiger partial charge in [0.15, 0.2) is 0 Å². The Morgan fingerprint density at radius 2 is 2.05 bits per heavy atom. The molecule has 0 saturated heterocycles. The molecule has 1 aliphatic rings. The number of aromatic carboxylic acids is 1. The van der Waals surface area contributed by atoms with E-state index in [9.17, 15) is 14.4 Å². The monoisotopic (exact) mass is 276 g/mol. The predicted octanol–water partition coefficient (Wildman–Crippen LogP) is 0.752. The van der Waals surface area contributed by atoms with E-state index in [1.807, 2.05) is 0 Å². The van der Waals surface area contributed by atoms with Gasteiger partial charge in [0.05, 0.1) is 12.0 Å². The summed E-state index contributed by atoms with van der Waals surface area (Å²) in [6, 6.07) is 4.62. The fourth-order valence-corrected chi connectivity index (χ4v) is 2.19. The van der Waals surface area contributed by atoms with E-state index >= 15 is 0 Å². The Bertz CT molecular complexity index is 581. The zero-order chi connectivity index (χ0) is 14.9. The van der Waals surface area contributed by atoms with Crippen LogP contribution in [0.25, 0.3) is 0 Å². The first kappa shape index (κ1) is 14.0. The molecule has 1 aliphatic heterocycles. The molecule has 1 aromatic rings. The highest BCUT2D eigenvalue weighted by molar-refractivity contribution is 6.03. The second kappa shape index (κ2) is 5.32. The summed E-state index contributed by atoms with van der Waals surface area (Å²) >= 11 is 0. The molecular weight excluding hydrogens is 260 g/mol. The van der Waals surface area contributed by atoms with Gasteiger partial charge in [-0.1, -0.05) is 0 Å². The molecule has 0 spiro atoms. The maximum atomic E-state index is 11.9. The van der Waals surface area contributed by atoms with E-state index in [2.05, 4.69) is 0 Å². The largest absolute Gasteiger partial charge is 0.478 e. The van der Waals surface area contributed by atoms with Crippen molar-refractivity contribution in [1.29, 1.82) is 0 Å². The van der Waals surface area contributed by atoms with Crippen LogP contribution in [-0.2, 0) is 16.0 Å². The summed E-state index contributed by atoms with van der Waals surface area (Å²) in [5, 5.41) is 8.94. The lowest BCUT2D eigenvalue weighted by Gasteiger charge is -2.18. The summed E-state index contributed by atoms with van der Waals surface area (Å²) in [7, 11) is 3.34. The smallest absolute Gasteiger partial charge is 0.335 e. The van der Waals surface area contributed by atoms with E-state index in [1.54, 1.807) is 25.1 Å². The van der Waals surface area contributed by atoms with Crippen LogP contribution in [0.2, 0.25) is 0 Å². The van der Waals surface area contributed by atoms with Gasteiger partial charge in [-0.3, -0.25) is 9.59 Å². The summed E-state index contributed by atoms with van der Waals surface area (Å²) in [5.74, 6) is -1.16. The lowest BCUT2D eigenvalue weighted by atomic mass is 10.1. The molecule has 106 valence electrons. The highest BCUT2D eigenvalue weighted by Crippen LogP contribution is 2.29. The number of hydrogen-bond donors (Lipinski definition) is 1. The van der Waals surface area contributed by atoms with Gasteiger partial charge in [-0.15, -0.1) is 0 Å². The molecule has 0 unspecified atom stereocenters. The van der Waals surface area contributed by atoms with Crippen molar-refractivity contribution < 1.29 is 19.5 Å². The second-order valence-electron chi connectivity index (χ2n) is 4.91. The van der Waals surface area contributed by atoms with E-state index in [4.69, 9.17) is 5.11 Å². The summed E-state index contributed by atoms with van der Waals surface area (Å²) in [5.41, 5.74) is 1.57. The molecule has 1 N–H and O–H groups in total. The average Bonchev–Trinajstić information content (AvgIpc) is 2.70. The maximum absolute atomic E-state index is 11.9. The summed E-state index contributed by atoms with van der Waals surface area (Å²) in [6.45, 7) is 0.315. The predicted molar refractivity (Wildman–Crippen MR) is 72.8 cm³/mol. The van der Waals surface area contributed by atoms with Crippen molar-refractivity contribution in [1.82, 2.24) is 4.90 Å². The van der Waals surface area contributed by atoms with Crippen LogP contribution in [0, 0.1) is 0 Å². The van der Waals surface area contributed by atoms with E-state index in [1.165, 1.54) is 17.0 Å². The summed E-state index contributed by atoms with van der Waals surface area (Å²) in [4.78, 5) is 37.5. The van der Waals surface area contributed by atoms with E-state index in [0.29, 0.717) is 17.8 Å². The fourth-order valence-electron chi connectivity index (χ4n) is 2.19. The topological polar surface area (TPSA) is 77.9 Å². The summed E-state index contributed by atoms with van der Waals surface area (Å²) in [6.07, 6.45) is 0.436. The molecule has 0 fully saturated rings. The van der Waals surface area contributed by atoms with Crippen LogP contribution >= 0.6 is 0 Å². The van der Waals surface area contributed by atoms with Crippen LogP contribution in [0.5, 0.6) is 0 Å².